The summed E-state index contributed by atoms with van der Waals surface area (Å²) in [5.41, 5.74) is 1.66. The lowest BCUT2D eigenvalue weighted by Gasteiger charge is -2.39. The number of carbonyl (C=O) groups is 1. The highest BCUT2D eigenvalue weighted by molar-refractivity contribution is 5.94. The van der Waals surface area contributed by atoms with Crippen molar-refractivity contribution in [3.8, 4) is 0 Å². The molecule has 8 heteroatoms. The van der Waals surface area contributed by atoms with Crippen LogP contribution in [0, 0.1) is 0 Å². The van der Waals surface area contributed by atoms with Crippen molar-refractivity contribution >= 4 is 11.7 Å². The van der Waals surface area contributed by atoms with Crippen molar-refractivity contribution in [3.05, 3.63) is 41.9 Å². The minimum absolute atomic E-state index is 0.0475. The molecule has 2 aromatic heterocycles. The van der Waals surface area contributed by atoms with Crippen LogP contribution in [0.1, 0.15) is 22.1 Å². The van der Waals surface area contributed by atoms with E-state index in [4.69, 9.17) is 4.74 Å². The Hall–Kier alpha value is -2.45. The maximum absolute atomic E-state index is 12.6. The van der Waals surface area contributed by atoms with Crippen LogP contribution in [0.4, 0.5) is 5.82 Å². The van der Waals surface area contributed by atoms with Crippen LogP contribution in [0.15, 0.2) is 30.6 Å². The molecule has 26 heavy (non-hydrogen) atoms. The lowest BCUT2D eigenvalue weighted by Crippen LogP contribution is -2.48. The summed E-state index contributed by atoms with van der Waals surface area (Å²) >= 11 is 0. The number of morpholine rings is 1. The molecule has 0 unspecified atom stereocenters. The van der Waals surface area contributed by atoms with Crippen molar-refractivity contribution in [2.45, 2.75) is 12.1 Å². The summed E-state index contributed by atoms with van der Waals surface area (Å²) in [5.74, 6) is 0.621. The van der Waals surface area contributed by atoms with Gasteiger partial charge in [0.15, 0.2) is 0 Å². The molecule has 0 radical (unpaired) electrons. The molecule has 1 aliphatic rings. The van der Waals surface area contributed by atoms with E-state index in [9.17, 15) is 4.79 Å². The number of amides is 1. The quantitative estimate of drug-likeness (QED) is 0.847. The number of carbonyl (C=O) groups excluding carboxylic acids is 1. The van der Waals surface area contributed by atoms with Gasteiger partial charge in [-0.05, 0) is 25.2 Å². The van der Waals surface area contributed by atoms with Gasteiger partial charge in [-0.3, -0.25) is 14.4 Å². The first-order valence-electron chi connectivity index (χ1n) is 8.68. The standard InChI is InChI=1S/C18H26N6O2/c1-22(2)16-11-13(5-7-19-16)18(25)20-12-15-17(23(3)9-10-26-15)14-6-8-21-24(14)4/h5-8,11,15,17H,9-10,12H2,1-4H3,(H,20,25)/t15-,17-/m0/s1. The predicted octanol–water partition coefficient (Wildman–Crippen LogP) is 0.683. The summed E-state index contributed by atoms with van der Waals surface area (Å²) in [5, 5.41) is 7.27. The molecule has 0 spiro atoms. The van der Waals surface area contributed by atoms with Crippen molar-refractivity contribution < 1.29 is 9.53 Å². The molecule has 0 saturated carbocycles. The highest BCUT2D eigenvalue weighted by Crippen LogP contribution is 2.27. The number of aromatic nitrogens is 3. The van der Waals surface area contributed by atoms with Crippen molar-refractivity contribution in [2.75, 3.05) is 45.7 Å². The second-order valence-corrected chi connectivity index (χ2v) is 6.72. The van der Waals surface area contributed by atoms with E-state index < -0.39 is 0 Å². The zero-order chi connectivity index (χ0) is 18.7. The zero-order valence-electron chi connectivity index (χ0n) is 15.7. The maximum Gasteiger partial charge on any atom is 0.251 e. The summed E-state index contributed by atoms with van der Waals surface area (Å²) in [4.78, 5) is 20.9. The molecule has 0 aliphatic carbocycles. The minimum atomic E-state index is -0.136. The number of nitrogens with zero attached hydrogens (tertiary/aromatic N) is 5. The van der Waals surface area contributed by atoms with E-state index in [1.165, 1.54) is 0 Å². The Morgan fingerprint density at radius 3 is 2.85 bits per heavy atom. The zero-order valence-corrected chi connectivity index (χ0v) is 15.7. The van der Waals surface area contributed by atoms with Crippen LogP contribution in [0.2, 0.25) is 0 Å². The molecule has 2 aromatic rings. The number of nitrogens with one attached hydrogen (secondary N) is 1. The van der Waals surface area contributed by atoms with E-state index in [1.54, 1.807) is 24.5 Å². The van der Waals surface area contributed by atoms with Gasteiger partial charge in [-0.15, -0.1) is 0 Å². The molecule has 1 saturated heterocycles. The number of aryl methyl sites for hydroxylation is 1. The number of rotatable bonds is 5. The summed E-state index contributed by atoms with van der Waals surface area (Å²) < 4.78 is 7.83. The topological polar surface area (TPSA) is 75.5 Å². The van der Waals surface area contributed by atoms with Gasteiger partial charge in [0.25, 0.3) is 5.91 Å². The molecule has 1 fully saturated rings. The molecular weight excluding hydrogens is 332 g/mol. The van der Waals surface area contributed by atoms with Crippen molar-refractivity contribution in [1.29, 1.82) is 0 Å². The van der Waals surface area contributed by atoms with E-state index in [2.05, 4.69) is 27.3 Å². The summed E-state index contributed by atoms with van der Waals surface area (Å²) in [7, 11) is 7.79. The van der Waals surface area contributed by atoms with Gasteiger partial charge in [-0.25, -0.2) is 4.98 Å². The molecule has 140 valence electrons. The van der Waals surface area contributed by atoms with E-state index >= 15 is 0 Å². The largest absolute Gasteiger partial charge is 0.373 e. The van der Waals surface area contributed by atoms with Gasteiger partial charge in [0, 0.05) is 52.2 Å². The Kier molecular flexibility index (Phi) is 5.53. The second-order valence-electron chi connectivity index (χ2n) is 6.72. The number of ether oxygens (including phenoxy) is 1. The number of anilines is 1. The summed E-state index contributed by atoms with van der Waals surface area (Å²) in [6.45, 7) is 1.92. The average molecular weight is 358 g/mol. The van der Waals surface area contributed by atoms with Gasteiger partial charge in [0.2, 0.25) is 0 Å². The number of hydrogen-bond acceptors (Lipinski definition) is 6. The lowest BCUT2D eigenvalue weighted by molar-refractivity contribution is -0.0629. The van der Waals surface area contributed by atoms with Gasteiger partial charge in [0.1, 0.15) is 5.82 Å². The number of likely N-dealkylation sites (N-methyl/N-ethyl adjacent to an activating group) is 1. The summed E-state index contributed by atoms with van der Waals surface area (Å²) in [6, 6.07) is 5.54. The molecule has 1 amide bonds. The van der Waals surface area contributed by atoms with Gasteiger partial charge < -0.3 is 15.0 Å². The molecule has 1 N–H and O–H groups in total. The predicted molar refractivity (Wildman–Crippen MR) is 99.2 cm³/mol. The molecule has 1 aliphatic heterocycles. The molecule has 8 nitrogen and oxygen atoms in total. The van der Waals surface area contributed by atoms with Crippen molar-refractivity contribution in [1.82, 2.24) is 25.0 Å². The van der Waals surface area contributed by atoms with E-state index in [0.29, 0.717) is 18.7 Å². The van der Waals surface area contributed by atoms with Crippen LogP contribution in [-0.4, -0.2) is 72.5 Å². The van der Waals surface area contributed by atoms with Crippen LogP contribution >= 0.6 is 0 Å². The number of hydrogen-bond donors (Lipinski definition) is 1. The van der Waals surface area contributed by atoms with E-state index in [-0.39, 0.29) is 18.1 Å². The van der Waals surface area contributed by atoms with Crippen LogP contribution in [-0.2, 0) is 11.8 Å². The first-order chi connectivity index (χ1) is 12.5. The lowest BCUT2D eigenvalue weighted by atomic mass is 10.0. The third kappa shape index (κ3) is 3.86. The van der Waals surface area contributed by atoms with Gasteiger partial charge >= 0.3 is 0 Å². The fourth-order valence-electron chi connectivity index (χ4n) is 3.22. The van der Waals surface area contributed by atoms with E-state index in [0.717, 1.165) is 18.1 Å². The van der Waals surface area contributed by atoms with Crippen molar-refractivity contribution in [3.63, 3.8) is 0 Å². The minimum Gasteiger partial charge on any atom is -0.373 e. The average Bonchev–Trinajstić information content (AvgIpc) is 3.05. The Bertz CT molecular complexity index is 760. The van der Waals surface area contributed by atoms with Gasteiger partial charge in [0.05, 0.1) is 24.4 Å². The van der Waals surface area contributed by atoms with Crippen LogP contribution in [0.25, 0.3) is 0 Å². The monoisotopic (exact) mass is 358 g/mol. The third-order valence-electron chi connectivity index (χ3n) is 4.69. The fraction of sp³-hybridized carbons (Fsp3) is 0.500. The number of pyridine rings is 1. The van der Waals surface area contributed by atoms with Gasteiger partial charge in [-0.2, -0.15) is 5.10 Å². The molecule has 3 rings (SSSR count). The van der Waals surface area contributed by atoms with Crippen LogP contribution in [0.5, 0.6) is 0 Å². The summed E-state index contributed by atoms with van der Waals surface area (Å²) in [6.07, 6.45) is 3.30. The first-order valence-corrected chi connectivity index (χ1v) is 8.68. The fourth-order valence-corrected chi connectivity index (χ4v) is 3.22. The van der Waals surface area contributed by atoms with Crippen molar-refractivity contribution in [2.24, 2.45) is 7.05 Å². The molecule has 0 aromatic carbocycles. The molecule has 3 heterocycles. The normalized spacial score (nSPS) is 20.8. The molecule has 0 bridgehead atoms. The van der Waals surface area contributed by atoms with Crippen LogP contribution in [0.3, 0.4) is 0 Å². The highest BCUT2D eigenvalue weighted by atomic mass is 16.5. The molecule has 2 atom stereocenters. The third-order valence-corrected chi connectivity index (χ3v) is 4.69. The Morgan fingerprint density at radius 1 is 1.35 bits per heavy atom. The SMILES string of the molecule is CN(C)c1cc(C(=O)NC[C@@H]2OCCN(C)[C@H]2c2ccnn2C)ccn1. The Morgan fingerprint density at radius 2 is 2.15 bits per heavy atom. The van der Waals surface area contributed by atoms with Gasteiger partial charge in [-0.1, -0.05) is 0 Å². The Labute approximate surface area is 153 Å². The first kappa shape index (κ1) is 18.3. The van der Waals surface area contributed by atoms with E-state index in [1.807, 2.05) is 36.8 Å². The molecular formula is C18H26N6O2. The van der Waals surface area contributed by atoms with Crippen LogP contribution < -0.4 is 10.2 Å². The maximum atomic E-state index is 12.6. The second kappa shape index (κ2) is 7.84. The highest BCUT2D eigenvalue weighted by Gasteiger charge is 2.33. The Balaban J connectivity index is 1.70. The smallest absolute Gasteiger partial charge is 0.251 e.